The largest absolute Gasteiger partial charge is 0.459 e. The molecule has 9 heteroatoms. The van der Waals surface area contributed by atoms with Crippen molar-refractivity contribution < 1.29 is 28.2 Å². The van der Waals surface area contributed by atoms with Crippen molar-refractivity contribution >= 4 is 29.7 Å². The zero-order chi connectivity index (χ0) is 20.2. The zero-order valence-corrected chi connectivity index (χ0v) is 15.5. The molecule has 1 N–H and O–H groups in total. The average molecular weight is 413 g/mol. The minimum Gasteiger partial charge on any atom is -0.459 e. The zero-order valence-electron chi connectivity index (χ0n) is 14.8. The van der Waals surface area contributed by atoms with E-state index in [2.05, 4.69) is 10.5 Å². The molecule has 8 nitrogen and oxygen atoms in total. The maximum absolute atomic E-state index is 12.5. The number of rotatable bonds is 5. The molecule has 1 aliphatic heterocycles. The molecule has 0 spiro atoms. The second kappa shape index (κ2) is 8.07. The molecule has 29 heavy (non-hydrogen) atoms. The van der Waals surface area contributed by atoms with Gasteiger partial charge in [-0.05, 0) is 48.5 Å². The highest BCUT2D eigenvalue weighted by Gasteiger charge is 2.18. The van der Waals surface area contributed by atoms with Crippen LogP contribution in [0.5, 0.6) is 17.2 Å². The van der Waals surface area contributed by atoms with Crippen LogP contribution in [0.15, 0.2) is 64.3 Å². The Morgan fingerprint density at radius 3 is 2.79 bits per heavy atom. The number of amides is 1. The molecule has 0 fully saturated rings. The van der Waals surface area contributed by atoms with Crippen molar-refractivity contribution in [3.8, 4) is 17.2 Å². The van der Waals surface area contributed by atoms with Crippen LogP contribution in [-0.4, -0.2) is 24.9 Å². The van der Waals surface area contributed by atoms with Gasteiger partial charge >= 0.3 is 11.9 Å². The number of esters is 1. The predicted octanol–water partition coefficient (Wildman–Crippen LogP) is 3.64. The monoisotopic (exact) mass is 412 g/mol. The number of furan rings is 1. The molecule has 0 saturated carbocycles. The van der Waals surface area contributed by atoms with Crippen molar-refractivity contribution in [1.29, 1.82) is 0 Å². The van der Waals surface area contributed by atoms with Gasteiger partial charge in [-0.1, -0.05) is 11.6 Å². The van der Waals surface area contributed by atoms with E-state index in [1.807, 2.05) is 0 Å². The fraction of sp³-hybridized carbons (Fsp3) is 0.0500. The Hall–Kier alpha value is -3.78. The van der Waals surface area contributed by atoms with Crippen molar-refractivity contribution in [2.24, 2.45) is 5.10 Å². The van der Waals surface area contributed by atoms with E-state index in [1.54, 1.807) is 30.3 Å². The van der Waals surface area contributed by atoms with Crippen molar-refractivity contribution in [3.05, 3.63) is 76.7 Å². The number of hydrogen-bond donors (Lipinski definition) is 1. The van der Waals surface area contributed by atoms with E-state index >= 15 is 0 Å². The van der Waals surface area contributed by atoms with Gasteiger partial charge in [0.1, 0.15) is 5.75 Å². The lowest BCUT2D eigenvalue weighted by Crippen LogP contribution is -2.17. The van der Waals surface area contributed by atoms with E-state index in [1.165, 1.54) is 30.7 Å². The third-order valence-electron chi connectivity index (χ3n) is 3.90. The van der Waals surface area contributed by atoms with E-state index in [0.29, 0.717) is 27.6 Å². The number of hydrogen-bond acceptors (Lipinski definition) is 7. The van der Waals surface area contributed by atoms with Crippen molar-refractivity contribution in [3.63, 3.8) is 0 Å². The summed E-state index contributed by atoms with van der Waals surface area (Å²) in [7, 11) is 0. The summed E-state index contributed by atoms with van der Waals surface area (Å²) in [6, 6.07) is 12.5. The molecular weight excluding hydrogens is 400 g/mol. The summed E-state index contributed by atoms with van der Waals surface area (Å²) in [6.07, 6.45) is 2.69. The van der Waals surface area contributed by atoms with Crippen LogP contribution in [0, 0.1) is 0 Å². The molecule has 1 aliphatic rings. The lowest BCUT2D eigenvalue weighted by Gasteiger charge is -2.08. The normalized spacial score (nSPS) is 12.2. The highest BCUT2D eigenvalue weighted by Crippen LogP contribution is 2.33. The molecule has 0 saturated heterocycles. The number of fused-ring (bicyclic) bond motifs is 1. The summed E-state index contributed by atoms with van der Waals surface area (Å²) in [5.41, 5.74) is 3.00. The van der Waals surface area contributed by atoms with Crippen LogP contribution in [0.2, 0.25) is 5.02 Å². The first-order valence-corrected chi connectivity index (χ1v) is 8.76. The van der Waals surface area contributed by atoms with E-state index in [0.717, 1.165) is 0 Å². The number of nitrogens with one attached hydrogen (secondary N) is 1. The van der Waals surface area contributed by atoms with E-state index in [-0.39, 0.29) is 18.3 Å². The number of halogens is 1. The van der Waals surface area contributed by atoms with Gasteiger partial charge in [-0.25, -0.2) is 10.2 Å². The Balaban J connectivity index is 1.49. The fourth-order valence-electron chi connectivity index (χ4n) is 2.52. The summed E-state index contributed by atoms with van der Waals surface area (Å²) in [6.45, 7) is 0.107. The molecule has 0 bridgehead atoms. The maximum Gasteiger partial charge on any atom is 0.343 e. The molecule has 0 radical (unpaired) electrons. The van der Waals surface area contributed by atoms with E-state index in [4.69, 9.17) is 30.2 Å². The second-order valence-electron chi connectivity index (χ2n) is 5.82. The number of hydrazone groups is 1. The van der Waals surface area contributed by atoms with Crippen molar-refractivity contribution in [1.82, 2.24) is 5.43 Å². The van der Waals surface area contributed by atoms with Gasteiger partial charge in [-0.15, -0.1) is 0 Å². The molecule has 2 heterocycles. The number of benzene rings is 2. The quantitative estimate of drug-likeness (QED) is 0.297. The minimum absolute atomic E-state index is 0.107. The molecule has 0 unspecified atom stereocenters. The Morgan fingerprint density at radius 1 is 1.10 bits per heavy atom. The lowest BCUT2D eigenvalue weighted by atomic mass is 10.2. The number of carbonyl (C=O) groups excluding carboxylic acids is 2. The summed E-state index contributed by atoms with van der Waals surface area (Å²) < 4.78 is 20.9. The number of carbonyl (C=O) groups is 2. The van der Waals surface area contributed by atoms with Crippen LogP contribution in [-0.2, 0) is 0 Å². The molecule has 0 aliphatic carbocycles. The fourth-order valence-corrected chi connectivity index (χ4v) is 2.70. The van der Waals surface area contributed by atoms with Crippen molar-refractivity contribution in [2.75, 3.05) is 6.79 Å². The third-order valence-corrected chi connectivity index (χ3v) is 4.13. The molecule has 1 aromatic heterocycles. The standard InChI is InChI=1S/C20H13ClN2O6/c21-14-4-6-15(13(8-14)10-22-23-19(24)17-2-1-7-26-17)29-20(25)12-3-5-16-18(9-12)28-11-27-16/h1-10H,11H2,(H,23,24)/b22-10+. The Kier molecular flexibility index (Phi) is 5.17. The van der Waals surface area contributed by atoms with Crippen LogP contribution < -0.4 is 19.6 Å². The van der Waals surface area contributed by atoms with Gasteiger partial charge in [0.25, 0.3) is 0 Å². The van der Waals surface area contributed by atoms with Gasteiger partial charge in [0, 0.05) is 10.6 Å². The molecule has 2 aromatic carbocycles. The Bertz CT molecular complexity index is 1090. The first kappa shape index (κ1) is 18.6. The van der Waals surface area contributed by atoms with Gasteiger partial charge < -0.3 is 18.6 Å². The molecule has 4 rings (SSSR count). The SMILES string of the molecule is O=C(Oc1ccc(Cl)cc1/C=N/NC(=O)c1ccco1)c1ccc2c(c1)OCO2. The number of ether oxygens (including phenoxy) is 3. The average Bonchev–Trinajstić information content (AvgIpc) is 3.41. The summed E-state index contributed by atoms with van der Waals surface area (Å²) >= 11 is 6.02. The van der Waals surface area contributed by atoms with Crippen LogP contribution >= 0.6 is 11.6 Å². The Labute approximate surface area is 169 Å². The molecule has 3 aromatic rings. The topological polar surface area (TPSA) is 99.4 Å². The summed E-state index contributed by atoms with van der Waals surface area (Å²) in [5, 5.41) is 4.26. The van der Waals surface area contributed by atoms with E-state index in [9.17, 15) is 9.59 Å². The lowest BCUT2D eigenvalue weighted by molar-refractivity contribution is 0.0733. The van der Waals surface area contributed by atoms with Crippen molar-refractivity contribution in [2.45, 2.75) is 0 Å². The van der Waals surface area contributed by atoms with Gasteiger partial charge in [0.05, 0.1) is 18.0 Å². The number of nitrogens with zero attached hydrogens (tertiary/aromatic N) is 1. The van der Waals surface area contributed by atoms with Gasteiger partial charge in [-0.2, -0.15) is 5.10 Å². The van der Waals surface area contributed by atoms with E-state index < -0.39 is 11.9 Å². The smallest absolute Gasteiger partial charge is 0.343 e. The molecule has 1 amide bonds. The van der Waals surface area contributed by atoms with Gasteiger partial charge in [0.2, 0.25) is 6.79 Å². The first-order valence-electron chi connectivity index (χ1n) is 8.38. The molecule has 146 valence electrons. The van der Waals surface area contributed by atoms with Crippen LogP contribution in [0.25, 0.3) is 0 Å². The maximum atomic E-state index is 12.5. The summed E-state index contributed by atoms with van der Waals surface area (Å²) in [5.74, 6) is 0.244. The highest BCUT2D eigenvalue weighted by molar-refractivity contribution is 6.31. The summed E-state index contributed by atoms with van der Waals surface area (Å²) in [4.78, 5) is 24.4. The predicted molar refractivity (Wildman–Crippen MR) is 103 cm³/mol. The third kappa shape index (κ3) is 4.22. The van der Waals surface area contributed by atoms with Crippen LogP contribution in [0.1, 0.15) is 26.5 Å². The Morgan fingerprint density at radius 2 is 1.97 bits per heavy atom. The molecular formula is C20H13ClN2O6. The minimum atomic E-state index is -0.597. The first-order chi connectivity index (χ1) is 14.1. The second-order valence-corrected chi connectivity index (χ2v) is 6.25. The van der Waals surface area contributed by atoms with Gasteiger partial charge in [0.15, 0.2) is 17.3 Å². The van der Waals surface area contributed by atoms with Gasteiger partial charge in [-0.3, -0.25) is 4.79 Å². The molecule has 0 atom stereocenters. The van der Waals surface area contributed by atoms with Crippen LogP contribution in [0.3, 0.4) is 0 Å². The highest BCUT2D eigenvalue weighted by atomic mass is 35.5. The van der Waals surface area contributed by atoms with Crippen LogP contribution in [0.4, 0.5) is 0 Å².